The van der Waals surface area contributed by atoms with Gasteiger partial charge in [0, 0.05) is 26.2 Å². The number of carbonyl (C=O) groups excluding carboxylic acids is 1. The van der Waals surface area contributed by atoms with Crippen LogP contribution >= 0.6 is 0 Å². The Morgan fingerprint density at radius 1 is 1.20 bits per heavy atom. The Morgan fingerprint density at radius 3 is 2.48 bits per heavy atom. The smallest absolute Gasteiger partial charge is 0.410 e. The molecule has 0 radical (unpaired) electrons. The molecule has 25 heavy (non-hydrogen) atoms. The molecule has 1 saturated heterocycles. The molecule has 0 spiro atoms. The van der Waals surface area contributed by atoms with Crippen LogP contribution in [0.15, 0.2) is 30.3 Å². The average Bonchev–Trinajstić information content (AvgIpc) is 2.52. The SMILES string of the molecule is CC(C)(C)OC(=O)N1CCN(CCC(=O)O)CC1Cc1ccccc1. The number of piperazine rings is 1. The molecule has 1 aliphatic rings. The second kappa shape index (κ2) is 8.34. The Kier molecular flexibility index (Phi) is 6.42. The van der Waals surface area contributed by atoms with Gasteiger partial charge in [0.1, 0.15) is 5.60 Å². The van der Waals surface area contributed by atoms with Crippen LogP contribution in [0.2, 0.25) is 0 Å². The summed E-state index contributed by atoms with van der Waals surface area (Å²) < 4.78 is 5.55. The van der Waals surface area contributed by atoms with Crippen LogP contribution in [0, 0.1) is 0 Å². The van der Waals surface area contributed by atoms with E-state index in [-0.39, 0.29) is 18.6 Å². The average molecular weight is 348 g/mol. The molecule has 0 aromatic heterocycles. The molecule has 1 unspecified atom stereocenters. The number of hydrogen-bond acceptors (Lipinski definition) is 4. The Bertz CT molecular complexity index is 583. The number of nitrogens with zero attached hydrogens (tertiary/aromatic N) is 2. The van der Waals surface area contributed by atoms with Crippen molar-refractivity contribution in [2.45, 2.75) is 45.3 Å². The first-order valence-corrected chi connectivity index (χ1v) is 8.72. The maximum absolute atomic E-state index is 12.6. The quantitative estimate of drug-likeness (QED) is 0.886. The molecule has 1 aromatic carbocycles. The molecule has 6 nitrogen and oxygen atoms in total. The van der Waals surface area contributed by atoms with E-state index in [1.165, 1.54) is 0 Å². The van der Waals surface area contributed by atoms with Gasteiger partial charge in [-0.1, -0.05) is 30.3 Å². The third kappa shape index (κ3) is 6.38. The predicted octanol–water partition coefficient (Wildman–Crippen LogP) is 2.63. The lowest BCUT2D eigenvalue weighted by Gasteiger charge is -2.41. The Morgan fingerprint density at radius 2 is 1.88 bits per heavy atom. The minimum absolute atomic E-state index is 0.0280. The van der Waals surface area contributed by atoms with Gasteiger partial charge in [-0.05, 0) is 32.8 Å². The van der Waals surface area contributed by atoms with E-state index < -0.39 is 11.6 Å². The zero-order valence-corrected chi connectivity index (χ0v) is 15.3. The van der Waals surface area contributed by atoms with Gasteiger partial charge < -0.3 is 14.7 Å². The first-order valence-electron chi connectivity index (χ1n) is 8.72. The van der Waals surface area contributed by atoms with Gasteiger partial charge >= 0.3 is 12.1 Å². The fourth-order valence-corrected chi connectivity index (χ4v) is 3.00. The first-order chi connectivity index (χ1) is 11.7. The van der Waals surface area contributed by atoms with Crippen LogP contribution in [-0.4, -0.2) is 64.8 Å². The normalized spacial score (nSPS) is 18.8. The van der Waals surface area contributed by atoms with Gasteiger partial charge in [-0.15, -0.1) is 0 Å². The summed E-state index contributed by atoms with van der Waals surface area (Å²) in [6.07, 6.45) is 0.542. The molecule has 2 rings (SSSR count). The van der Waals surface area contributed by atoms with Crippen molar-refractivity contribution in [2.75, 3.05) is 26.2 Å². The van der Waals surface area contributed by atoms with Crippen LogP contribution in [0.25, 0.3) is 0 Å². The molecule has 0 aliphatic carbocycles. The Balaban J connectivity index is 2.08. The zero-order chi connectivity index (χ0) is 18.4. The summed E-state index contributed by atoms with van der Waals surface area (Å²) in [6, 6.07) is 10.00. The lowest BCUT2D eigenvalue weighted by atomic mass is 10.0. The summed E-state index contributed by atoms with van der Waals surface area (Å²) in [5, 5.41) is 8.90. The predicted molar refractivity (Wildman–Crippen MR) is 95.6 cm³/mol. The second-order valence-electron chi connectivity index (χ2n) is 7.46. The van der Waals surface area contributed by atoms with E-state index >= 15 is 0 Å². The monoisotopic (exact) mass is 348 g/mol. The lowest BCUT2D eigenvalue weighted by molar-refractivity contribution is -0.137. The summed E-state index contributed by atoms with van der Waals surface area (Å²) >= 11 is 0. The molecule has 1 amide bonds. The highest BCUT2D eigenvalue weighted by molar-refractivity contribution is 5.69. The van der Waals surface area contributed by atoms with Gasteiger partial charge in [-0.2, -0.15) is 0 Å². The Labute approximate surface area is 149 Å². The van der Waals surface area contributed by atoms with E-state index in [1.54, 1.807) is 4.90 Å². The highest BCUT2D eigenvalue weighted by atomic mass is 16.6. The molecular weight excluding hydrogens is 320 g/mol. The fraction of sp³-hybridized carbons (Fsp3) is 0.579. The van der Waals surface area contributed by atoms with Gasteiger partial charge in [0.25, 0.3) is 0 Å². The van der Waals surface area contributed by atoms with Crippen molar-refractivity contribution in [1.29, 1.82) is 0 Å². The van der Waals surface area contributed by atoms with Crippen molar-refractivity contribution < 1.29 is 19.4 Å². The van der Waals surface area contributed by atoms with Crippen LogP contribution in [0.5, 0.6) is 0 Å². The van der Waals surface area contributed by atoms with E-state index in [2.05, 4.69) is 4.90 Å². The molecule has 0 saturated carbocycles. The number of amides is 1. The van der Waals surface area contributed by atoms with Crippen molar-refractivity contribution >= 4 is 12.1 Å². The minimum atomic E-state index is -0.797. The van der Waals surface area contributed by atoms with E-state index in [9.17, 15) is 9.59 Å². The standard InChI is InChI=1S/C19H28N2O4/c1-19(2,3)25-18(24)21-12-11-20(10-9-17(22)23)14-16(21)13-15-7-5-4-6-8-15/h4-8,16H,9-14H2,1-3H3,(H,22,23). The summed E-state index contributed by atoms with van der Waals surface area (Å²) in [4.78, 5) is 27.3. The van der Waals surface area contributed by atoms with Crippen LogP contribution in [0.3, 0.4) is 0 Å². The van der Waals surface area contributed by atoms with Crippen LogP contribution in [0.4, 0.5) is 4.79 Å². The highest BCUT2D eigenvalue weighted by Crippen LogP contribution is 2.19. The number of carboxylic acids is 1. The van der Waals surface area contributed by atoms with Crippen molar-refractivity contribution in [3.8, 4) is 0 Å². The summed E-state index contributed by atoms with van der Waals surface area (Å²) in [6.45, 7) is 7.95. The Hall–Kier alpha value is -2.08. The molecule has 1 aliphatic heterocycles. The van der Waals surface area contributed by atoms with E-state index in [0.29, 0.717) is 26.2 Å². The number of carboxylic acid groups (broad SMARTS) is 1. The minimum Gasteiger partial charge on any atom is -0.481 e. The first kappa shape index (κ1) is 19.2. The highest BCUT2D eigenvalue weighted by Gasteiger charge is 2.33. The molecule has 1 N–H and O–H groups in total. The van der Waals surface area contributed by atoms with E-state index in [4.69, 9.17) is 9.84 Å². The van der Waals surface area contributed by atoms with Crippen molar-refractivity contribution in [1.82, 2.24) is 9.80 Å². The van der Waals surface area contributed by atoms with Crippen LogP contribution < -0.4 is 0 Å². The molecule has 1 fully saturated rings. The number of aliphatic carboxylic acids is 1. The van der Waals surface area contributed by atoms with Gasteiger partial charge in [0.05, 0.1) is 12.5 Å². The van der Waals surface area contributed by atoms with Gasteiger partial charge in [-0.3, -0.25) is 9.69 Å². The van der Waals surface area contributed by atoms with Crippen molar-refractivity contribution in [2.24, 2.45) is 0 Å². The third-order valence-electron chi connectivity index (χ3n) is 4.15. The molecule has 1 aromatic rings. The molecule has 1 heterocycles. The largest absolute Gasteiger partial charge is 0.481 e. The number of benzene rings is 1. The second-order valence-corrected chi connectivity index (χ2v) is 7.46. The lowest BCUT2D eigenvalue weighted by Crippen LogP contribution is -2.57. The molecule has 1 atom stereocenters. The number of hydrogen-bond donors (Lipinski definition) is 1. The number of ether oxygens (including phenoxy) is 1. The third-order valence-corrected chi connectivity index (χ3v) is 4.15. The molecule has 138 valence electrons. The van der Waals surface area contributed by atoms with Crippen LogP contribution in [-0.2, 0) is 16.0 Å². The molecule has 6 heteroatoms. The summed E-state index contributed by atoms with van der Waals surface area (Å²) in [5.41, 5.74) is 0.621. The van der Waals surface area contributed by atoms with Crippen LogP contribution in [0.1, 0.15) is 32.8 Å². The van der Waals surface area contributed by atoms with Gasteiger partial charge in [0.15, 0.2) is 0 Å². The van der Waals surface area contributed by atoms with E-state index in [1.807, 2.05) is 51.1 Å². The maximum atomic E-state index is 12.6. The zero-order valence-electron chi connectivity index (χ0n) is 15.3. The maximum Gasteiger partial charge on any atom is 0.410 e. The molecular formula is C19H28N2O4. The molecule has 0 bridgehead atoms. The van der Waals surface area contributed by atoms with Crippen molar-refractivity contribution in [3.63, 3.8) is 0 Å². The number of rotatable bonds is 5. The van der Waals surface area contributed by atoms with Crippen molar-refractivity contribution in [3.05, 3.63) is 35.9 Å². The topological polar surface area (TPSA) is 70.1 Å². The van der Waals surface area contributed by atoms with Gasteiger partial charge in [0.2, 0.25) is 0 Å². The summed E-state index contributed by atoms with van der Waals surface area (Å²) in [7, 11) is 0. The number of carbonyl (C=O) groups is 2. The van der Waals surface area contributed by atoms with E-state index in [0.717, 1.165) is 12.0 Å². The fourth-order valence-electron chi connectivity index (χ4n) is 3.00. The van der Waals surface area contributed by atoms with Gasteiger partial charge in [-0.25, -0.2) is 4.79 Å². The summed E-state index contributed by atoms with van der Waals surface area (Å²) in [5.74, 6) is -0.797.